The Morgan fingerprint density at radius 2 is 1.62 bits per heavy atom. The molecule has 0 aromatic heterocycles. The monoisotopic (exact) mass is 227 g/mol. The highest BCUT2D eigenvalue weighted by Gasteiger charge is 2.30. The van der Waals surface area contributed by atoms with E-state index >= 15 is 0 Å². The average Bonchev–Trinajstić information content (AvgIpc) is 2.48. The standard InChI is InChI=1S/C14H29NO/c1-3-5-11-15(12-6-4-2)13-9-7-8-10-14(15)16/h14H,3-13H2,1-2H3. The van der Waals surface area contributed by atoms with Gasteiger partial charge < -0.3 is 9.59 Å². The molecule has 0 spiro atoms. The van der Waals surface area contributed by atoms with E-state index in [0.29, 0.717) is 0 Å². The van der Waals surface area contributed by atoms with Crippen LogP contribution in [0.5, 0.6) is 0 Å². The molecule has 1 saturated heterocycles. The molecule has 1 heterocycles. The summed E-state index contributed by atoms with van der Waals surface area (Å²) in [5.74, 6) is 0. The molecule has 0 saturated carbocycles. The number of nitrogens with zero attached hydrogens (tertiary/aromatic N) is 1. The predicted molar refractivity (Wildman–Crippen MR) is 66.9 cm³/mol. The average molecular weight is 227 g/mol. The topological polar surface area (TPSA) is 23.1 Å². The quantitative estimate of drug-likeness (QED) is 0.640. The summed E-state index contributed by atoms with van der Waals surface area (Å²) in [5.41, 5.74) is 0. The van der Waals surface area contributed by atoms with Crippen molar-refractivity contribution in [1.82, 2.24) is 0 Å². The zero-order valence-electron chi connectivity index (χ0n) is 11.2. The first-order chi connectivity index (χ1) is 7.75. The zero-order chi connectivity index (χ0) is 11.9. The molecule has 96 valence electrons. The van der Waals surface area contributed by atoms with Crippen LogP contribution < -0.4 is 5.11 Å². The molecule has 1 unspecified atom stereocenters. The van der Waals surface area contributed by atoms with E-state index in [1.54, 1.807) is 0 Å². The van der Waals surface area contributed by atoms with Crippen molar-refractivity contribution < 1.29 is 9.59 Å². The predicted octanol–water partition coefficient (Wildman–Crippen LogP) is 2.66. The van der Waals surface area contributed by atoms with Crippen molar-refractivity contribution in [2.24, 2.45) is 0 Å². The smallest absolute Gasteiger partial charge is 0.0778 e. The Bertz CT molecular complexity index is 174. The molecule has 1 rings (SSSR count). The van der Waals surface area contributed by atoms with Gasteiger partial charge in [0.15, 0.2) is 0 Å². The lowest BCUT2D eigenvalue weighted by atomic mass is 10.1. The Hall–Kier alpha value is -0.0800. The van der Waals surface area contributed by atoms with Gasteiger partial charge in [0, 0.05) is 6.23 Å². The first kappa shape index (κ1) is 14.0. The van der Waals surface area contributed by atoms with Crippen LogP contribution in [-0.2, 0) is 0 Å². The summed E-state index contributed by atoms with van der Waals surface area (Å²) in [4.78, 5) is 0. The van der Waals surface area contributed by atoms with Crippen molar-refractivity contribution in [2.45, 2.75) is 71.4 Å². The molecule has 0 N–H and O–H groups in total. The number of hydrogen-bond donors (Lipinski definition) is 0. The molecule has 1 fully saturated rings. The summed E-state index contributed by atoms with van der Waals surface area (Å²) in [7, 11) is 0. The van der Waals surface area contributed by atoms with Crippen LogP contribution in [0, 0.1) is 0 Å². The lowest BCUT2D eigenvalue weighted by Gasteiger charge is -2.48. The molecule has 1 aliphatic rings. The molecule has 2 heteroatoms. The van der Waals surface area contributed by atoms with Crippen molar-refractivity contribution in [2.75, 3.05) is 19.6 Å². The van der Waals surface area contributed by atoms with Gasteiger partial charge in [0.25, 0.3) is 0 Å². The highest BCUT2D eigenvalue weighted by atomic mass is 16.3. The first-order valence-corrected chi connectivity index (χ1v) is 7.27. The van der Waals surface area contributed by atoms with Crippen LogP contribution in [-0.4, -0.2) is 30.3 Å². The summed E-state index contributed by atoms with van der Waals surface area (Å²) < 4.78 is 0.891. The van der Waals surface area contributed by atoms with Crippen LogP contribution in [0.25, 0.3) is 0 Å². The van der Waals surface area contributed by atoms with E-state index in [1.165, 1.54) is 38.5 Å². The van der Waals surface area contributed by atoms with E-state index in [1.807, 2.05) is 0 Å². The van der Waals surface area contributed by atoms with Crippen molar-refractivity contribution in [3.8, 4) is 0 Å². The Morgan fingerprint density at radius 3 is 2.19 bits per heavy atom. The van der Waals surface area contributed by atoms with E-state index in [0.717, 1.165) is 37.0 Å². The molecular weight excluding hydrogens is 198 g/mol. The first-order valence-electron chi connectivity index (χ1n) is 7.27. The Labute approximate surface area is 101 Å². The maximum Gasteiger partial charge on any atom is 0.0778 e. The van der Waals surface area contributed by atoms with Gasteiger partial charge >= 0.3 is 0 Å². The summed E-state index contributed by atoms with van der Waals surface area (Å²) in [6, 6.07) is 0. The van der Waals surface area contributed by atoms with Gasteiger partial charge in [-0.05, 0) is 38.5 Å². The third-order valence-corrected chi connectivity index (χ3v) is 4.08. The Morgan fingerprint density at radius 1 is 1.00 bits per heavy atom. The second-order valence-corrected chi connectivity index (χ2v) is 5.40. The molecule has 1 aliphatic heterocycles. The Kier molecular flexibility index (Phi) is 6.37. The maximum absolute atomic E-state index is 12.4. The van der Waals surface area contributed by atoms with Crippen LogP contribution in [0.2, 0.25) is 0 Å². The van der Waals surface area contributed by atoms with Gasteiger partial charge in [-0.25, -0.2) is 0 Å². The fourth-order valence-electron chi connectivity index (χ4n) is 2.91. The van der Waals surface area contributed by atoms with Crippen molar-refractivity contribution in [3.63, 3.8) is 0 Å². The van der Waals surface area contributed by atoms with Crippen molar-refractivity contribution in [1.29, 1.82) is 0 Å². The third kappa shape index (κ3) is 3.74. The van der Waals surface area contributed by atoms with Crippen LogP contribution in [0.4, 0.5) is 0 Å². The van der Waals surface area contributed by atoms with Gasteiger partial charge in [-0.2, -0.15) is 0 Å². The van der Waals surface area contributed by atoms with E-state index in [4.69, 9.17) is 0 Å². The summed E-state index contributed by atoms with van der Waals surface area (Å²) in [6.07, 6.45) is 9.17. The van der Waals surface area contributed by atoms with Gasteiger partial charge in [0.05, 0.1) is 19.6 Å². The zero-order valence-corrected chi connectivity index (χ0v) is 11.2. The van der Waals surface area contributed by atoms with Gasteiger partial charge in [0.1, 0.15) is 0 Å². The van der Waals surface area contributed by atoms with Crippen molar-refractivity contribution >= 4 is 0 Å². The third-order valence-electron chi connectivity index (χ3n) is 4.08. The molecule has 0 amide bonds. The largest absolute Gasteiger partial charge is 0.806 e. The van der Waals surface area contributed by atoms with Crippen LogP contribution >= 0.6 is 0 Å². The molecular formula is C14H29NO. The molecule has 1 atom stereocenters. The second kappa shape index (κ2) is 7.29. The normalized spacial score (nSPS) is 25.3. The number of quaternary nitrogens is 1. The van der Waals surface area contributed by atoms with Crippen LogP contribution in [0.3, 0.4) is 0 Å². The highest BCUT2D eigenvalue weighted by Crippen LogP contribution is 2.24. The molecule has 16 heavy (non-hydrogen) atoms. The molecule has 0 aromatic carbocycles. The van der Waals surface area contributed by atoms with Gasteiger partial charge in [0.2, 0.25) is 0 Å². The molecule has 0 radical (unpaired) electrons. The van der Waals surface area contributed by atoms with E-state index < -0.39 is 0 Å². The van der Waals surface area contributed by atoms with Gasteiger partial charge in [-0.1, -0.05) is 26.7 Å². The molecule has 2 nitrogen and oxygen atoms in total. The SMILES string of the molecule is CCCC[N+]1(CCCC)CCCCCC1[O-]. The minimum absolute atomic E-state index is 0.333. The second-order valence-electron chi connectivity index (χ2n) is 5.40. The molecule has 0 aliphatic carbocycles. The fourth-order valence-corrected chi connectivity index (χ4v) is 2.91. The number of hydrogen-bond acceptors (Lipinski definition) is 1. The minimum atomic E-state index is -0.333. The van der Waals surface area contributed by atoms with Crippen molar-refractivity contribution in [3.05, 3.63) is 0 Å². The maximum atomic E-state index is 12.4. The summed E-state index contributed by atoms with van der Waals surface area (Å²) in [5, 5.41) is 12.4. The highest BCUT2D eigenvalue weighted by molar-refractivity contribution is 4.57. The fraction of sp³-hybridized carbons (Fsp3) is 1.00. The molecule has 0 bridgehead atoms. The number of likely N-dealkylation sites (tertiary alicyclic amines) is 1. The number of rotatable bonds is 6. The Balaban J connectivity index is 2.63. The van der Waals surface area contributed by atoms with Gasteiger partial charge in [-0.3, -0.25) is 0 Å². The van der Waals surface area contributed by atoms with E-state index in [9.17, 15) is 5.11 Å². The van der Waals surface area contributed by atoms with E-state index in [-0.39, 0.29) is 6.23 Å². The minimum Gasteiger partial charge on any atom is -0.806 e. The summed E-state index contributed by atoms with van der Waals surface area (Å²) in [6.45, 7) is 7.87. The number of unbranched alkanes of at least 4 members (excludes halogenated alkanes) is 2. The van der Waals surface area contributed by atoms with Crippen LogP contribution in [0.1, 0.15) is 65.2 Å². The lowest BCUT2D eigenvalue weighted by Crippen LogP contribution is -2.61. The van der Waals surface area contributed by atoms with Crippen LogP contribution in [0.15, 0.2) is 0 Å². The van der Waals surface area contributed by atoms with Gasteiger partial charge in [-0.15, -0.1) is 0 Å². The summed E-state index contributed by atoms with van der Waals surface area (Å²) >= 11 is 0. The lowest BCUT2D eigenvalue weighted by molar-refractivity contribution is -1.01. The van der Waals surface area contributed by atoms with E-state index in [2.05, 4.69) is 13.8 Å². The molecule has 0 aromatic rings.